The molecule has 0 saturated carbocycles. The normalized spacial score (nSPS) is 9.86. The summed E-state index contributed by atoms with van der Waals surface area (Å²) in [6, 6.07) is 1.62. The fraction of sp³-hybridized carbons (Fsp3) is 0.400. The smallest absolute Gasteiger partial charge is 0.305 e. The van der Waals surface area contributed by atoms with E-state index in [1.165, 1.54) is 7.11 Å². The average Bonchev–Trinajstić information content (AvgIpc) is 2.16. The van der Waals surface area contributed by atoms with Gasteiger partial charge in [0.05, 0.1) is 19.2 Å². The molecule has 0 aromatic carbocycles. The summed E-state index contributed by atoms with van der Waals surface area (Å²) in [6.07, 6.45) is 2.30. The third-order valence-electron chi connectivity index (χ3n) is 1.88. The van der Waals surface area contributed by atoms with E-state index in [4.69, 9.17) is 0 Å². The van der Waals surface area contributed by atoms with Gasteiger partial charge in [-0.1, -0.05) is 0 Å². The second-order valence-corrected chi connectivity index (χ2v) is 3.05. The molecule has 1 rings (SSSR count). The van der Waals surface area contributed by atoms with Gasteiger partial charge in [0.2, 0.25) is 0 Å². The number of ether oxygens (including phenoxy) is 1. The average molecular weight is 195 g/mol. The molecule has 1 heterocycles. The Morgan fingerprint density at radius 1 is 1.64 bits per heavy atom. The van der Waals surface area contributed by atoms with Gasteiger partial charge in [-0.15, -0.1) is 0 Å². The van der Waals surface area contributed by atoms with Crippen molar-refractivity contribution in [3.63, 3.8) is 0 Å². The summed E-state index contributed by atoms with van der Waals surface area (Å²) in [5.74, 6) is -0.166. The summed E-state index contributed by atoms with van der Waals surface area (Å²) in [7, 11) is 1.34. The van der Waals surface area contributed by atoms with Gasteiger partial charge >= 0.3 is 5.97 Å². The molecule has 0 atom stereocenters. The van der Waals surface area contributed by atoms with E-state index in [0.717, 1.165) is 5.56 Å². The van der Waals surface area contributed by atoms with Crippen LogP contribution in [0, 0.1) is 6.92 Å². The zero-order chi connectivity index (χ0) is 10.6. The fourth-order valence-corrected chi connectivity index (χ4v) is 1.10. The first-order chi connectivity index (χ1) is 6.63. The van der Waals surface area contributed by atoms with Gasteiger partial charge < -0.3 is 9.84 Å². The van der Waals surface area contributed by atoms with Crippen LogP contribution in [0.1, 0.15) is 17.7 Å². The first kappa shape index (κ1) is 10.5. The molecule has 14 heavy (non-hydrogen) atoms. The molecule has 0 fully saturated rings. The number of esters is 1. The lowest BCUT2D eigenvalue weighted by Crippen LogP contribution is -2.03. The van der Waals surface area contributed by atoms with Gasteiger partial charge in [-0.05, 0) is 18.6 Å². The molecule has 4 heteroatoms. The molecule has 0 aliphatic carbocycles. The van der Waals surface area contributed by atoms with E-state index in [-0.39, 0.29) is 18.1 Å². The van der Waals surface area contributed by atoms with Gasteiger partial charge in [0, 0.05) is 12.6 Å². The van der Waals surface area contributed by atoms with E-state index in [1.54, 1.807) is 12.3 Å². The van der Waals surface area contributed by atoms with Crippen LogP contribution in [0.4, 0.5) is 0 Å². The summed E-state index contributed by atoms with van der Waals surface area (Å²) in [4.78, 5) is 14.9. The summed E-state index contributed by atoms with van der Waals surface area (Å²) in [5, 5.41) is 9.46. The second kappa shape index (κ2) is 4.60. The summed E-state index contributed by atoms with van der Waals surface area (Å²) in [6.45, 7) is 1.84. The highest BCUT2D eigenvalue weighted by molar-refractivity contribution is 5.69. The number of pyridine rings is 1. The standard InChI is InChI=1S/C10H13NO3/c1-7-5-9(12)8(11-6-7)3-4-10(13)14-2/h5-6,12H,3-4H2,1-2H3. The van der Waals surface area contributed by atoms with Crippen LogP contribution in [0.3, 0.4) is 0 Å². The van der Waals surface area contributed by atoms with E-state index < -0.39 is 0 Å². The van der Waals surface area contributed by atoms with Crippen molar-refractivity contribution in [3.05, 3.63) is 23.5 Å². The van der Waals surface area contributed by atoms with Crippen LogP contribution in [0.25, 0.3) is 0 Å². The Hall–Kier alpha value is -1.58. The minimum Gasteiger partial charge on any atom is -0.506 e. The van der Waals surface area contributed by atoms with E-state index >= 15 is 0 Å². The lowest BCUT2D eigenvalue weighted by atomic mass is 10.2. The van der Waals surface area contributed by atoms with Crippen LogP contribution in [-0.4, -0.2) is 23.2 Å². The first-order valence-corrected chi connectivity index (χ1v) is 4.35. The van der Waals surface area contributed by atoms with Crippen LogP contribution in [0.5, 0.6) is 5.75 Å². The Labute approximate surface area is 82.5 Å². The molecule has 0 saturated heterocycles. The predicted molar refractivity (Wildman–Crippen MR) is 51.0 cm³/mol. The summed E-state index contributed by atoms with van der Waals surface area (Å²) < 4.78 is 4.49. The number of rotatable bonds is 3. The zero-order valence-corrected chi connectivity index (χ0v) is 8.28. The number of carbonyl (C=O) groups excluding carboxylic acids is 1. The van der Waals surface area contributed by atoms with Gasteiger partial charge in [-0.25, -0.2) is 0 Å². The monoisotopic (exact) mass is 195 g/mol. The highest BCUT2D eigenvalue weighted by atomic mass is 16.5. The van der Waals surface area contributed by atoms with Crippen LogP contribution in [-0.2, 0) is 16.0 Å². The van der Waals surface area contributed by atoms with E-state index in [9.17, 15) is 9.90 Å². The predicted octanol–water partition coefficient (Wildman–Crippen LogP) is 1.20. The van der Waals surface area contributed by atoms with Gasteiger partial charge in [0.15, 0.2) is 0 Å². The molecule has 0 aliphatic rings. The number of aromatic hydroxyl groups is 1. The Balaban J connectivity index is 2.63. The molecule has 76 valence electrons. The lowest BCUT2D eigenvalue weighted by molar-refractivity contribution is -0.140. The fourth-order valence-electron chi connectivity index (χ4n) is 1.10. The van der Waals surface area contributed by atoms with Crippen molar-refractivity contribution in [2.24, 2.45) is 0 Å². The number of hydrogen-bond acceptors (Lipinski definition) is 4. The van der Waals surface area contributed by atoms with E-state index in [0.29, 0.717) is 12.1 Å². The highest BCUT2D eigenvalue weighted by Crippen LogP contribution is 2.16. The molecule has 1 aromatic rings. The highest BCUT2D eigenvalue weighted by Gasteiger charge is 2.06. The van der Waals surface area contributed by atoms with E-state index in [1.807, 2.05) is 6.92 Å². The number of hydrogen-bond donors (Lipinski definition) is 1. The third kappa shape index (κ3) is 2.73. The first-order valence-electron chi connectivity index (χ1n) is 4.35. The molecular weight excluding hydrogens is 182 g/mol. The topological polar surface area (TPSA) is 59.4 Å². The Morgan fingerprint density at radius 2 is 2.36 bits per heavy atom. The molecule has 0 amide bonds. The second-order valence-electron chi connectivity index (χ2n) is 3.05. The van der Waals surface area contributed by atoms with Crippen molar-refractivity contribution >= 4 is 5.97 Å². The Morgan fingerprint density at radius 3 is 2.93 bits per heavy atom. The molecule has 0 bridgehead atoms. The summed E-state index contributed by atoms with van der Waals surface area (Å²) >= 11 is 0. The number of nitrogens with zero attached hydrogens (tertiary/aromatic N) is 1. The molecule has 0 aliphatic heterocycles. The molecule has 1 aromatic heterocycles. The van der Waals surface area contributed by atoms with Crippen LogP contribution in [0.15, 0.2) is 12.3 Å². The number of carbonyl (C=O) groups is 1. The van der Waals surface area contributed by atoms with Gasteiger partial charge in [0.1, 0.15) is 5.75 Å². The maximum absolute atomic E-state index is 10.8. The number of methoxy groups -OCH3 is 1. The Kier molecular flexibility index (Phi) is 3.45. The van der Waals surface area contributed by atoms with Crippen LogP contribution < -0.4 is 0 Å². The van der Waals surface area contributed by atoms with Crippen molar-refractivity contribution < 1.29 is 14.6 Å². The lowest BCUT2D eigenvalue weighted by Gasteiger charge is -2.03. The van der Waals surface area contributed by atoms with Gasteiger partial charge in [-0.2, -0.15) is 0 Å². The van der Waals surface area contributed by atoms with Gasteiger partial charge in [-0.3, -0.25) is 9.78 Å². The number of aromatic nitrogens is 1. The quantitative estimate of drug-likeness (QED) is 0.736. The van der Waals surface area contributed by atoms with Crippen LogP contribution in [0.2, 0.25) is 0 Å². The van der Waals surface area contributed by atoms with Crippen molar-refractivity contribution in [2.45, 2.75) is 19.8 Å². The molecule has 0 spiro atoms. The Bertz CT molecular complexity index is 336. The SMILES string of the molecule is COC(=O)CCc1ncc(C)cc1O. The maximum atomic E-state index is 10.8. The van der Waals surface area contributed by atoms with Crippen molar-refractivity contribution in [1.82, 2.24) is 4.98 Å². The van der Waals surface area contributed by atoms with Crippen molar-refractivity contribution in [1.29, 1.82) is 0 Å². The summed E-state index contributed by atoms with van der Waals surface area (Å²) in [5.41, 5.74) is 1.42. The number of aryl methyl sites for hydroxylation is 2. The minimum absolute atomic E-state index is 0.133. The zero-order valence-electron chi connectivity index (χ0n) is 8.28. The maximum Gasteiger partial charge on any atom is 0.305 e. The minimum atomic E-state index is -0.299. The molecule has 0 radical (unpaired) electrons. The molecular formula is C10H13NO3. The van der Waals surface area contributed by atoms with Crippen molar-refractivity contribution in [3.8, 4) is 5.75 Å². The van der Waals surface area contributed by atoms with E-state index in [2.05, 4.69) is 9.72 Å². The largest absolute Gasteiger partial charge is 0.506 e. The molecule has 4 nitrogen and oxygen atoms in total. The molecule has 1 N–H and O–H groups in total. The van der Waals surface area contributed by atoms with Gasteiger partial charge in [0.25, 0.3) is 0 Å². The third-order valence-corrected chi connectivity index (χ3v) is 1.88. The van der Waals surface area contributed by atoms with Crippen molar-refractivity contribution in [2.75, 3.05) is 7.11 Å². The van der Waals surface area contributed by atoms with Crippen LogP contribution >= 0.6 is 0 Å². The molecule has 0 unspecified atom stereocenters.